The number of hydrogen-bond donors (Lipinski definition) is 1. The second-order valence-electron chi connectivity index (χ2n) is 2.11. The number of hydrogen-bond acceptors (Lipinski definition) is 4. The van der Waals surface area contributed by atoms with Crippen LogP contribution in [0, 0.1) is 0 Å². The third-order valence-corrected chi connectivity index (χ3v) is 1.34. The number of tetrazole rings is 1. The van der Waals surface area contributed by atoms with Gasteiger partial charge in [-0.05, 0) is 23.4 Å². The van der Waals surface area contributed by atoms with Crippen LogP contribution in [0.15, 0.2) is 6.58 Å². The molecule has 0 amide bonds. The van der Waals surface area contributed by atoms with E-state index in [4.69, 9.17) is 5.73 Å². The Balaban J connectivity index is 2.61. The van der Waals surface area contributed by atoms with E-state index < -0.39 is 0 Å². The van der Waals surface area contributed by atoms with Crippen LogP contribution in [0.1, 0.15) is 12.2 Å². The zero-order valence-corrected chi connectivity index (χ0v) is 6.27. The lowest BCUT2D eigenvalue weighted by molar-refractivity contribution is 0.748. The maximum absolute atomic E-state index is 5.33. The third-order valence-electron chi connectivity index (χ3n) is 1.34. The summed E-state index contributed by atoms with van der Waals surface area (Å²) in [6.07, 6.45) is 3.27. The minimum atomic E-state index is 0.657. The number of aryl methyl sites for hydroxylation is 1. The highest BCUT2D eigenvalue weighted by Gasteiger charge is 2.00. The molecule has 5 heteroatoms. The summed E-state index contributed by atoms with van der Waals surface area (Å²) in [4.78, 5) is 0. The lowest BCUT2D eigenvalue weighted by Crippen LogP contribution is -2.04. The Bertz CT molecular complexity index is 229. The van der Waals surface area contributed by atoms with Crippen molar-refractivity contribution in [2.75, 3.05) is 6.54 Å². The fraction of sp³-hybridized carbons (Fsp3) is 0.500. The summed E-state index contributed by atoms with van der Waals surface area (Å²) in [7, 11) is 0. The molecule has 0 radical (unpaired) electrons. The third kappa shape index (κ3) is 1.84. The highest BCUT2D eigenvalue weighted by atomic mass is 15.5. The molecule has 0 bridgehead atoms. The van der Waals surface area contributed by atoms with Gasteiger partial charge in [-0.1, -0.05) is 6.58 Å². The van der Waals surface area contributed by atoms with E-state index in [0.29, 0.717) is 6.54 Å². The SMILES string of the molecule is C=Cn1nnnc1CCCN. The molecule has 2 N–H and O–H groups in total. The van der Waals surface area contributed by atoms with Gasteiger partial charge in [0, 0.05) is 12.6 Å². The number of aromatic nitrogens is 4. The summed E-state index contributed by atoms with van der Waals surface area (Å²) in [5.74, 6) is 0.811. The monoisotopic (exact) mass is 153 g/mol. The summed E-state index contributed by atoms with van der Waals surface area (Å²) < 4.78 is 1.55. The maximum Gasteiger partial charge on any atom is 0.156 e. The molecule has 0 aliphatic heterocycles. The Morgan fingerprint density at radius 1 is 1.64 bits per heavy atom. The van der Waals surface area contributed by atoms with Gasteiger partial charge in [0.1, 0.15) is 0 Å². The van der Waals surface area contributed by atoms with Gasteiger partial charge in [-0.3, -0.25) is 0 Å². The molecule has 0 saturated heterocycles. The van der Waals surface area contributed by atoms with Crippen LogP contribution in [-0.2, 0) is 6.42 Å². The molecule has 1 aromatic rings. The fourth-order valence-electron chi connectivity index (χ4n) is 0.779. The lowest BCUT2D eigenvalue weighted by atomic mass is 10.3. The summed E-state index contributed by atoms with van der Waals surface area (Å²) in [5.41, 5.74) is 5.33. The van der Waals surface area contributed by atoms with Crippen molar-refractivity contribution in [1.29, 1.82) is 0 Å². The van der Waals surface area contributed by atoms with Crippen molar-refractivity contribution in [3.05, 3.63) is 12.4 Å². The van der Waals surface area contributed by atoms with Gasteiger partial charge in [0.2, 0.25) is 0 Å². The first-order valence-electron chi connectivity index (χ1n) is 3.48. The van der Waals surface area contributed by atoms with Crippen LogP contribution < -0.4 is 5.73 Å². The van der Waals surface area contributed by atoms with Crippen molar-refractivity contribution in [2.24, 2.45) is 5.73 Å². The van der Waals surface area contributed by atoms with Gasteiger partial charge in [0.25, 0.3) is 0 Å². The van der Waals surface area contributed by atoms with Crippen LogP contribution in [0.3, 0.4) is 0 Å². The fourth-order valence-corrected chi connectivity index (χ4v) is 0.779. The van der Waals surface area contributed by atoms with Gasteiger partial charge < -0.3 is 5.73 Å². The molecule has 0 aliphatic carbocycles. The quantitative estimate of drug-likeness (QED) is 0.642. The summed E-state index contributed by atoms with van der Waals surface area (Å²) >= 11 is 0. The zero-order valence-electron chi connectivity index (χ0n) is 6.27. The topological polar surface area (TPSA) is 69.6 Å². The zero-order chi connectivity index (χ0) is 8.10. The van der Waals surface area contributed by atoms with Gasteiger partial charge in [-0.2, -0.15) is 0 Å². The standard InChI is InChI=1S/C6H11N5/c1-2-11-6(4-3-5-7)8-9-10-11/h2H,1,3-5,7H2. The van der Waals surface area contributed by atoms with Gasteiger partial charge in [-0.25, -0.2) is 4.68 Å². The molecule has 0 aliphatic rings. The second kappa shape index (κ2) is 3.82. The Kier molecular flexibility index (Phi) is 2.74. The average molecular weight is 153 g/mol. The summed E-state index contributed by atoms with van der Waals surface area (Å²) in [5, 5.41) is 11.0. The normalized spacial score (nSPS) is 9.91. The lowest BCUT2D eigenvalue weighted by Gasteiger charge is -1.95. The number of nitrogens with zero attached hydrogens (tertiary/aromatic N) is 4. The minimum Gasteiger partial charge on any atom is -0.330 e. The Hall–Kier alpha value is -1.23. The van der Waals surface area contributed by atoms with Crippen LogP contribution in [0.2, 0.25) is 0 Å². The van der Waals surface area contributed by atoms with Crippen LogP contribution in [0.4, 0.5) is 0 Å². The van der Waals surface area contributed by atoms with Crippen LogP contribution >= 0.6 is 0 Å². The Labute approximate surface area is 64.9 Å². The average Bonchev–Trinajstić information content (AvgIpc) is 2.47. The van der Waals surface area contributed by atoms with Gasteiger partial charge >= 0.3 is 0 Å². The van der Waals surface area contributed by atoms with Crippen molar-refractivity contribution in [3.8, 4) is 0 Å². The first-order valence-corrected chi connectivity index (χ1v) is 3.48. The molecule has 1 aromatic heterocycles. The molecular formula is C6H11N5. The first kappa shape index (κ1) is 7.87. The van der Waals surface area contributed by atoms with Gasteiger partial charge in [-0.15, -0.1) is 5.10 Å². The Morgan fingerprint density at radius 3 is 3.09 bits per heavy atom. The maximum atomic E-state index is 5.33. The first-order chi connectivity index (χ1) is 5.38. The van der Waals surface area contributed by atoms with Crippen molar-refractivity contribution in [2.45, 2.75) is 12.8 Å². The Morgan fingerprint density at radius 2 is 2.45 bits per heavy atom. The van der Waals surface area contributed by atoms with Crippen molar-refractivity contribution in [3.63, 3.8) is 0 Å². The predicted molar refractivity (Wildman–Crippen MR) is 41.6 cm³/mol. The molecule has 0 saturated carbocycles. The van der Waals surface area contributed by atoms with E-state index in [9.17, 15) is 0 Å². The molecule has 1 rings (SSSR count). The minimum absolute atomic E-state index is 0.657. The number of nitrogens with two attached hydrogens (primary N) is 1. The van der Waals surface area contributed by atoms with Crippen molar-refractivity contribution < 1.29 is 0 Å². The largest absolute Gasteiger partial charge is 0.330 e. The molecule has 60 valence electrons. The molecule has 0 aromatic carbocycles. The molecule has 0 spiro atoms. The molecule has 0 atom stereocenters. The van der Waals surface area contributed by atoms with E-state index in [1.54, 1.807) is 10.9 Å². The highest BCUT2D eigenvalue weighted by Crippen LogP contribution is 1.95. The summed E-state index contributed by atoms with van der Waals surface area (Å²) in [6, 6.07) is 0. The molecule has 0 fully saturated rings. The van der Waals surface area contributed by atoms with E-state index >= 15 is 0 Å². The van der Waals surface area contributed by atoms with Gasteiger partial charge in [0.15, 0.2) is 5.82 Å². The van der Waals surface area contributed by atoms with Crippen LogP contribution in [0.5, 0.6) is 0 Å². The molecule has 11 heavy (non-hydrogen) atoms. The van der Waals surface area contributed by atoms with Crippen LogP contribution in [-0.4, -0.2) is 26.8 Å². The van der Waals surface area contributed by atoms with E-state index in [1.807, 2.05) is 0 Å². The molecule has 0 unspecified atom stereocenters. The van der Waals surface area contributed by atoms with E-state index in [2.05, 4.69) is 22.1 Å². The second-order valence-corrected chi connectivity index (χ2v) is 2.11. The summed E-state index contributed by atoms with van der Waals surface area (Å²) in [6.45, 7) is 4.22. The van der Waals surface area contributed by atoms with E-state index in [1.165, 1.54) is 0 Å². The highest BCUT2D eigenvalue weighted by molar-refractivity contribution is 5.14. The van der Waals surface area contributed by atoms with Crippen LogP contribution in [0.25, 0.3) is 6.20 Å². The molecule has 5 nitrogen and oxygen atoms in total. The van der Waals surface area contributed by atoms with Gasteiger partial charge in [0.05, 0.1) is 0 Å². The van der Waals surface area contributed by atoms with E-state index in [0.717, 1.165) is 18.7 Å². The van der Waals surface area contributed by atoms with Crippen molar-refractivity contribution >= 4 is 6.20 Å². The predicted octanol–water partition coefficient (Wildman–Crippen LogP) is -0.335. The van der Waals surface area contributed by atoms with Crippen molar-refractivity contribution in [1.82, 2.24) is 20.2 Å². The molecule has 1 heterocycles. The smallest absolute Gasteiger partial charge is 0.156 e. The number of rotatable bonds is 4. The molecular weight excluding hydrogens is 142 g/mol. The van der Waals surface area contributed by atoms with E-state index in [-0.39, 0.29) is 0 Å².